The highest BCUT2D eigenvalue weighted by molar-refractivity contribution is 8.00. The Morgan fingerprint density at radius 2 is 1.90 bits per heavy atom. The minimum absolute atomic E-state index is 0.0178. The Kier molecular flexibility index (Phi) is 13.6. The van der Waals surface area contributed by atoms with Gasteiger partial charge in [0.2, 0.25) is 17.6 Å². The van der Waals surface area contributed by atoms with Crippen LogP contribution in [0.15, 0.2) is 0 Å². The molecule has 0 saturated carbocycles. The number of Topliss-reactive ketones (excluding diaryl/α,β-unsaturated/α-hetero) is 1. The van der Waals surface area contributed by atoms with Crippen LogP contribution in [-0.2, 0) is 23.9 Å². The molecule has 0 radical (unpaired) electrons. The third kappa shape index (κ3) is 12.1. The number of rotatable bonds is 17. The number of ketones is 1. The second-order valence-electron chi connectivity index (χ2n) is 11.2. The second-order valence-corrected chi connectivity index (χ2v) is 12.4. The highest BCUT2D eigenvalue weighted by Gasteiger charge is 2.42. The number of urea groups is 1. The van der Waals surface area contributed by atoms with Crippen LogP contribution in [-0.4, -0.2) is 87.9 Å². The number of nitrogens with one attached hydrogen (secondary N) is 4. The summed E-state index contributed by atoms with van der Waals surface area (Å²) in [5, 5.41) is 11.7. The smallest absolute Gasteiger partial charge is 0.329 e. The normalized spacial score (nSPS) is 21.2. The first-order chi connectivity index (χ1) is 18.9. The Morgan fingerprint density at radius 3 is 2.60 bits per heavy atom. The summed E-state index contributed by atoms with van der Waals surface area (Å²) in [5.74, 6) is -0.817. The number of hydrogen-bond acceptors (Lipinski definition) is 8. The number of hydrogen-bond donors (Lipinski definition) is 5. The summed E-state index contributed by atoms with van der Waals surface area (Å²) in [6, 6.07) is -1.65. The fraction of sp³-hybridized carbons (Fsp3) is 0.769. The summed E-state index contributed by atoms with van der Waals surface area (Å²) in [5.41, 5.74) is 13.7. The zero-order valence-corrected chi connectivity index (χ0v) is 24.4. The van der Waals surface area contributed by atoms with Crippen LogP contribution in [0.25, 0.3) is 5.53 Å². The molecule has 0 spiro atoms. The number of thioether (sulfide) groups is 1. The largest absolute Gasteiger partial charge is 0.458 e. The first kappa shape index (κ1) is 33.2. The summed E-state index contributed by atoms with van der Waals surface area (Å²) in [6.07, 6.45) is 5.27. The number of nitrogens with zero attached hydrogens (tertiary/aromatic N) is 2. The highest BCUT2D eigenvalue weighted by atomic mass is 32.2. The van der Waals surface area contributed by atoms with Gasteiger partial charge >= 0.3 is 18.2 Å². The summed E-state index contributed by atoms with van der Waals surface area (Å²) in [4.78, 5) is 63.1. The lowest BCUT2D eigenvalue weighted by Crippen LogP contribution is -2.50. The Hall–Kier alpha value is -2.96. The third-order valence-electron chi connectivity index (χ3n) is 6.57. The van der Waals surface area contributed by atoms with Crippen LogP contribution in [0.3, 0.4) is 0 Å². The molecular weight excluding hydrogens is 538 g/mol. The number of unbranched alkanes of at least 4 members (excludes halogenated alkanes) is 2. The molecule has 0 aromatic rings. The van der Waals surface area contributed by atoms with Crippen molar-refractivity contribution in [3.05, 3.63) is 5.53 Å². The summed E-state index contributed by atoms with van der Waals surface area (Å²) in [6.45, 7) is 5.55. The number of amides is 4. The topological polar surface area (TPSA) is 205 Å². The van der Waals surface area contributed by atoms with Gasteiger partial charge in [-0.1, -0.05) is 6.42 Å². The van der Waals surface area contributed by atoms with Gasteiger partial charge in [0.15, 0.2) is 0 Å². The van der Waals surface area contributed by atoms with E-state index >= 15 is 0 Å². The van der Waals surface area contributed by atoms with Gasteiger partial charge in [-0.3, -0.25) is 14.4 Å². The molecule has 2 aliphatic heterocycles. The Morgan fingerprint density at radius 1 is 1.15 bits per heavy atom. The van der Waals surface area contributed by atoms with Crippen molar-refractivity contribution in [3.8, 4) is 0 Å². The minimum Gasteiger partial charge on any atom is -0.458 e. The van der Waals surface area contributed by atoms with Gasteiger partial charge in [0.05, 0.1) is 18.1 Å². The fourth-order valence-electron chi connectivity index (χ4n) is 4.53. The summed E-state index contributed by atoms with van der Waals surface area (Å²) >= 11 is 1.86. The van der Waals surface area contributed by atoms with Crippen LogP contribution in [0.4, 0.5) is 4.79 Å². The van der Waals surface area contributed by atoms with Gasteiger partial charge in [0, 0.05) is 30.4 Å². The predicted molar refractivity (Wildman–Crippen MR) is 150 cm³/mol. The van der Waals surface area contributed by atoms with E-state index in [1.165, 1.54) is 0 Å². The first-order valence-electron chi connectivity index (χ1n) is 13.8. The van der Waals surface area contributed by atoms with Crippen molar-refractivity contribution in [2.75, 3.05) is 12.3 Å². The van der Waals surface area contributed by atoms with Gasteiger partial charge in [-0.15, -0.1) is 0 Å². The van der Waals surface area contributed by atoms with E-state index in [-0.39, 0.29) is 36.9 Å². The van der Waals surface area contributed by atoms with Crippen LogP contribution in [0.5, 0.6) is 0 Å². The van der Waals surface area contributed by atoms with Crippen molar-refractivity contribution in [2.45, 2.75) is 114 Å². The van der Waals surface area contributed by atoms with Crippen LogP contribution in [0, 0.1) is 0 Å². The Bertz CT molecular complexity index is 966. The van der Waals surface area contributed by atoms with Gasteiger partial charge in [-0.25, -0.2) is 9.59 Å². The van der Waals surface area contributed by atoms with E-state index < -0.39 is 35.3 Å². The molecule has 14 heteroatoms. The lowest BCUT2D eigenvalue weighted by atomic mass is 10.0. The van der Waals surface area contributed by atoms with Crippen LogP contribution < -0.4 is 27.0 Å². The molecule has 13 nitrogen and oxygen atoms in total. The number of nitrogens with two attached hydrogens (primary N) is 1. The predicted octanol–water partition coefficient (Wildman–Crippen LogP) is 0.802. The number of carbonyl (C=O) groups is 5. The Labute approximate surface area is 239 Å². The van der Waals surface area contributed by atoms with Crippen molar-refractivity contribution in [1.82, 2.24) is 21.3 Å². The standard InChI is InChI=1S/C26H43N7O6S/c1-26(2,3)39-24(37)18(12-11-16(34)14-30-28)31-23(36)17(27)8-6-7-13-29-21(35)10-5-4-9-20-22-19(15-40-20)32-25(38)33-22/h14,17-20,22H,4-13,15,27H2,1-3H3,(H,29,35)(H,31,36)(H2,32,33,38)/t17-,18-,19+,20-,22+/m0/s1. The van der Waals surface area contributed by atoms with E-state index in [0.29, 0.717) is 37.5 Å². The number of fused-ring (bicyclic) bond motifs is 1. The molecule has 0 bridgehead atoms. The van der Waals surface area contributed by atoms with Gasteiger partial charge < -0.3 is 37.3 Å². The molecular formula is C26H43N7O6S. The summed E-state index contributed by atoms with van der Waals surface area (Å²) < 4.78 is 5.34. The monoisotopic (exact) mass is 581 g/mol. The molecule has 40 heavy (non-hydrogen) atoms. The van der Waals surface area contributed by atoms with Gasteiger partial charge in [0.1, 0.15) is 11.6 Å². The van der Waals surface area contributed by atoms with E-state index in [9.17, 15) is 24.0 Å². The Balaban J connectivity index is 1.61. The lowest BCUT2D eigenvalue weighted by molar-refractivity contribution is -0.159. The molecule has 2 heterocycles. The quantitative estimate of drug-likeness (QED) is 0.0414. The zero-order chi connectivity index (χ0) is 29.7. The number of carbonyl (C=O) groups excluding carboxylic acids is 5. The number of ether oxygens (including phenoxy) is 1. The van der Waals surface area contributed by atoms with E-state index in [1.807, 2.05) is 11.8 Å². The van der Waals surface area contributed by atoms with Gasteiger partial charge in [-0.05, 0) is 59.3 Å². The molecule has 0 aromatic carbocycles. The molecule has 2 rings (SSSR count). The van der Waals surface area contributed by atoms with E-state index in [1.54, 1.807) is 20.8 Å². The molecule has 2 fully saturated rings. The molecule has 2 saturated heterocycles. The highest BCUT2D eigenvalue weighted by Crippen LogP contribution is 2.33. The van der Waals surface area contributed by atoms with Crippen molar-refractivity contribution in [2.24, 2.45) is 5.73 Å². The van der Waals surface area contributed by atoms with E-state index in [0.717, 1.165) is 31.2 Å². The maximum atomic E-state index is 12.6. The first-order valence-corrected chi connectivity index (χ1v) is 14.9. The molecule has 6 N–H and O–H groups in total. The molecule has 0 unspecified atom stereocenters. The van der Waals surface area contributed by atoms with Crippen molar-refractivity contribution < 1.29 is 33.5 Å². The van der Waals surface area contributed by atoms with Crippen molar-refractivity contribution >= 4 is 47.6 Å². The molecule has 0 aromatic heterocycles. The summed E-state index contributed by atoms with van der Waals surface area (Å²) in [7, 11) is 0. The maximum Gasteiger partial charge on any atom is 0.329 e. The minimum atomic E-state index is -1.07. The van der Waals surface area contributed by atoms with Gasteiger partial charge in [-0.2, -0.15) is 16.6 Å². The third-order valence-corrected chi connectivity index (χ3v) is 8.08. The lowest BCUT2D eigenvalue weighted by Gasteiger charge is -2.25. The van der Waals surface area contributed by atoms with Crippen molar-refractivity contribution in [1.29, 1.82) is 0 Å². The molecule has 4 amide bonds. The zero-order valence-electron chi connectivity index (χ0n) is 23.6. The SMILES string of the molecule is CC(C)(C)OC(=O)[C@H](CCC(=O)C=[N+]=[N-])NC(=O)[C@@H](N)CCCCNC(=O)CCCC[C@@H]1SC[C@H]2NC(=O)N[C@@H]12. The van der Waals surface area contributed by atoms with Crippen LogP contribution >= 0.6 is 11.8 Å². The molecule has 224 valence electrons. The van der Waals surface area contributed by atoms with Crippen molar-refractivity contribution in [3.63, 3.8) is 0 Å². The maximum absolute atomic E-state index is 12.6. The average Bonchev–Trinajstić information content (AvgIpc) is 3.42. The van der Waals surface area contributed by atoms with Gasteiger partial charge in [0.25, 0.3) is 0 Å². The van der Waals surface area contributed by atoms with E-state index in [2.05, 4.69) is 26.1 Å². The van der Waals surface area contributed by atoms with Crippen LogP contribution in [0.2, 0.25) is 0 Å². The number of esters is 1. The second kappa shape index (κ2) is 16.3. The van der Waals surface area contributed by atoms with E-state index in [4.69, 9.17) is 16.0 Å². The average molecular weight is 582 g/mol. The molecule has 5 atom stereocenters. The molecule has 2 aliphatic rings. The van der Waals surface area contributed by atoms with Crippen LogP contribution in [0.1, 0.15) is 78.6 Å². The fourth-order valence-corrected chi connectivity index (χ4v) is 6.07. The molecule has 0 aliphatic carbocycles.